The Balaban J connectivity index is 1.69. The van der Waals surface area contributed by atoms with Gasteiger partial charge in [-0.15, -0.1) is 11.3 Å². The molecule has 0 saturated carbocycles. The molecule has 2 aliphatic rings. The Morgan fingerprint density at radius 1 is 1.27 bits per heavy atom. The number of Topliss-reactive ketones (excluding diaryl/α,β-unsaturated/α-hetero) is 1. The van der Waals surface area contributed by atoms with Gasteiger partial charge in [0.1, 0.15) is 18.7 Å². The van der Waals surface area contributed by atoms with Gasteiger partial charge in [-0.05, 0) is 43.6 Å². The summed E-state index contributed by atoms with van der Waals surface area (Å²) in [5, 5.41) is 12.1. The molecule has 2 aliphatic heterocycles. The summed E-state index contributed by atoms with van der Waals surface area (Å²) < 4.78 is 4.90. The lowest BCUT2D eigenvalue weighted by molar-refractivity contribution is -0.176. The van der Waals surface area contributed by atoms with Gasteiger partial charge in [0.15, 0.2) is 0 Å². The lowest BCUT2D eigenvalue weighted by atomic mass is 10.0. The highest BCUT2D eigenvalue weighted by Gasteiger charge is 2.45. The highest BCUT2D eigenvalue weighted by molar-refractivity contribution is 7.09. The van der Waals surface area contributed by atoms with Crippen LogP contribution < -0.4 is 16.0 Å². The van der Waals surface area contributed by atoms with E-state index in [2.05, 4.69) is 27.3 Å². The predicted molar refractivity (Wildman–Crippen MR) is 146 cm³/mol. The van der Waals surface area contributed by atoms with Crippen LogP contribution in [0.25, 0.3) is 5.53 Å². The SMILES string of the molecule is C=CCOC(=O)CC[C@H](NC(=O)[C@@H]1CCCN2C(=O)CC[C@H](NC(=O)NCCc3cccs3)C(=O)N12)C(=O)C=[N+]=[N-]. The summed E-state index contributed by atoms with van der Waals surface area (Å²) in [6, 6.07) is -0.183. The van der Waals surface area contributed by atoms with E-state index in [1.54, 1.807) is 11.3 Å². The largest absolute Gasteiger partial charge is 0.461 e. The van der Waals surface area contributed by atoms with Crippen molar-refractivity contribution in [2.75, 3.05) is 19.7 Å². The summed E-state index contributed by atoms with van der Waals surface area (Å²) in [5.41, 5.74) is 8.81. The van der Waals surface area contributed by atoms with E-state index in [1.807, 2.05) is 17.5 Å². The van der Waals surface area contributed by atoms with Gasteiger partial charge in [0.2, 0.25) is 11.8 Å². The van der Waals surface area contributed by atoms with E-state index in [0.717, 1.165) is 9.89 Å². The molecule has 3 heterocycles. The van der Waals surface area contributed by atoms with Crippen LogP contribution in [0.15, 0.2) is 30.2 Å². The van der Waals surface area contributed by atoms with Crippen LogP contribution in [0.2, 0.25) is 0 Å². The van der Waals surface area contributed by atoms with Crippen molar-refractivity contribution in [2.45, 2.75) is 63.1 Å². The van der Waals surface area contributed by atoms with E-state index >= 15 is 0 Å². The lowest BCUT2D eigenvalue weighted by Crippen LogP contribution is -2.64. The van der Waals surface area contributed by atoms with Gasteiger partial charge in [-0.1, -0.05) is 18.7 Å². The zero-order valence-electron chi connectivity index (χ0n) is 22.5. The number of hydrazine groups is 1. The molecule has 3 N–H and O–H groups in total. The third kappa shape index (κ3) is 8.82. The zero-order chi connectivity index (χ0) is 29.8. The molecule has 41 heavy (non-hydrogen) atoms. The minimum Gasteiger partial charge on any atom is -0.461 e. The van der Waals surface area contributed by atoms with Crippen LogP contribution >= 0.6 is 11.3 Å². The molecular weight excluding hydrogens is 554 g/mol. The molecule has 15 heteroatoms. The Kier molecular flexibility index (Phi) is 11.7. The van der Waals surface area contributed by atoms with E-state index in [0.29, 0.717) is 25.6 Å². The average molecular weight is 588 g/mol. The fourth-order valence-corrected chi connectivity index (χ4v) is 5.27. The summed E-state index contributed by atoms with van der Waals surface area (Å²) in [7, 11) is 0. The number of ether oxygens (including phenoxy) is 1. The van der Waals surface area contributed by atoms with Gasteiger partial charge < -0.3 is 26.2 Å². The highest BCUT2D eigenvalue weighted by atomic mass is 32.1. The van der Waals surface area contributed by atoms with Crippen molar-refractivity contribution in [3.8, 4) is 0 Å². The lowest BCUT2D eigenvalue weighted by Gasteiger charge is -2.43. The second-order valence-electron chi connectivity index (χ2n) is 9.40. The van der Waals surface area contributed by atoms with E-state index in [4.69, 9.17) is 10.3 Å². The number of amides is 5. The standard InChI is InChI=1S/C26H33N7O7S/c1-2-14-40-23(36)10-8-18(21(34)16-29-27)30-24(37)20-6-3-13-32-22(35)9-7-19(25(38)33(20)32)31-26(39)28-12-11-17-5-4-15-41-17/h2,4-5,15-16,18-20H,1,3,6-14H2,(H,30,37)(H2,28,31,39)/t18-,19-,20-/m0/s1. The zero-order valence-corrected chi connectivity index (χ0v) is 23.3. The monoisotopic (exact) mass is 587 g/mol. The molecule has 1 aromatic heterocycles. The molecule has 220 valence electrons. The molecule has 2 saturated heterocycles. The van der Waals surface area contributed by atoms with Crippen molar-refractivity contribution < 1.29 is 38.3 Å². The molecule has 3 atom stereocenters. The molecule has 5 amide bonds. The van der Waals surface area contributed by atoms with Gasteiger partial charge in [0, 0.05) is 30.8 Å². The molecule has 3 rings (SSSR count). The molecule has 0 aromatic carbocycles. The van der Waals surface area contributed by atoms with Crippen LogP contribution in [-0.4, -0.2) is 94.3 Å². The van der Waals surface area contributed by atoms with Gasteiger partial charge in [-0.2, -0.15) is 4.79 Å². The smallest absolute Gasteiger partial charge is 0.325 e. The number of thiophene rings is 1. The van der Waals surface area contributed by atoms with Crippen LogP contribution in [0.1, 0.15) is 43.4 Å². The Morgan fingerprint density at radius 3 is 2.78 bits per heavy atom. The summed E-state index contributed by atoms with van der Waals surface area (Å²) >= 11 is 1.56. The number of hydrogen-bond acceptors (Lipinski definition) is 8. The van der Waals surface area contributed by atoms with Gasteiger partial charge in [0.25, 0.3) is 11.7 Å². The first-order valence-electron chi connectivity index (χ1n) is 13.2. The summed E-state index contributed by atoms with van der Waals surface area (Å²) in [6.45, 7) is 3.98. The first kappa shape index (κ1) is 31.2. The van der Waals surface area contributed by atoms with Crippen LogP contribution in [0, 0.1) is 0 Å². The second-order valence-corrected chi connectivity index (χ2v) is 10.4. The van der Waals surface area contributed by atoms with Crippen molar-refractivity contribution in [3.05, 3.63) is 40.6 Å². The van der Waals surface area contributed by atoms with Crippen molar-refractivity contribution in [1.82, 2.24) is 26.0 Å². The molecular formula is C26H33N7O7S. The van der Waals surface area contributed by atoms with Crippen molar-refractivity contribution >= 4 is 53.1 Å². The number of fused-ring (bicyclic) bond motifs is 1. The summed E-state index contributed by atoms with van der Waals surface area (Å²) in [6.07, 6.45) is 2.86. The first-order valence-corrected chi connectivity index (χ1v) is 14.1. The van der Waals surface area contributed by atoms with Gasteiger partial charge >= 0.3 is 18.2 Å². The second kappa shape index (κ2) is 15.4. The van der Waals surface area contributed by atoms with Gasteiger partial charge in [-0.3, -0.25) is 29.0 Å². The number of carbonyl (C=O) groups excluding carboxylic acids is 6. The Bertz CT molecular complexity index is 1200. The average Bonchev–Trinajstić information content (AvgIpc) is 3.45. The molecule has 0 spiro atoms. The van der Waals surface area contributed by atoms with E-state index in [1.165, 1.54) is 11.1 Å². The topological polar surface area (TPSA) is 191 Å². The number of nitrogens with zero attached hydrogens (tertiary/aromatic N) is 4. The highest BCUT2D eigenvalue weighted by Crippen LogP contribution is 2.25. The maximum Gasteiger partial charge on any atom is 0.325 e. The fourth-order valence-electron chi connectivity index (χ4n) is 4.56. The maximum absolute atomic E-state index is 13.6. The van der Waals surface area contributed by atoms with E-state index in [-0.39, 0.29) is 51.2 Å². The van der Waals surface area contributed by atoms with Crippen molar-refractivity contribution in [2.24, 2.45) is 0 Å². The Hall–Kier alpha value is -4.36. The number of hydrogen-bond donors (Lipinski definition) is 3. The minimum absolute atomic E-state index is 0.0163. The van der Waals surface area contributed by atoms with E-state index < -0.39 is 47.7 Å². The summed E-state index contributed by atoms with van der Waals surface area (Å²) in [4.78, 5) is 80.6. The van der Waals surface area contributed by atoms with Crippen LogP contribution in [0.5, 0.6) is 0 Å². The molecule has 0 unspecified atom stereocenters. The molecule has 14 nitrogen and oxygen atoms in total. The fraction of sp³-hybridized carbons (Fsp3) is 0.500. The number of nitrogens with one attached hydrogen (secondary N) is 3. The number of esters is 1. The van der Waals surface area contributed by atoms with Crippen molar-refractivity contribution in [1.29, 1.82) is 0 Å². The minimum atomic E-state index is -1.26. The molecule has 1 aromatic rings. The number of ketones is 1. The predicted octanol–water partition coefficient (Wildman–Crippen LogP) is 0.351. The van der Waals surface area contributed by atoms with Crippen LogP contribution in [-0.2, 0) is 35.1 Å². The first-order chi connectivity index (χ1) is 19.7. The Morgan fingerprint density at radius 2 is 2.07 bits per heavy atom. The maximum atomic E-state index is 13.6. The Labute approximate surface area is 240 Å². The van der Waals surface area contributed by atoms with Crippen LogP contribution in [0.4, 0.5) is 4.79 Å². The number of urea groups is 1. The number of rotatable bonds is 13. The molecule has 2 fully saturated rings. The normalized spacial score (nSPS) is 19.1. The van der Waals surface area contributed by atoms with Gasteiger partial charge in [-0.25, -0.2) is 9.80 Å². The van der Waals surface area contributed by atoms with Gasteiger partial charge in [0.05, 0.1) is 6.04 Å². The quantitative estimate of drug-likeness (QED) is 0.0975. The molecule has 0 bridgehead atoms. The van der Waals surface area contributed by atoms with Crippen molar-refractivity contribution in [3.63, 3.8) is 0 Å². The van der Waals surface area contributed by atoms with E-state index in [9.17, 15) is 28.8 Å². The van der Waals surface area contributed by atoms with Crippen LogP contribution in [0.3, 0.4) is 0 Å². The molecule has 0 aliphatic carbocycles. The third-order valence-electron chi connectivity index (χ3n) is 6.55. The molecule has 0 radical (unpaired) electrons. The third-order valence-corrected chi connectivity index (χ3v) is 7.49. The number of carbonyl (C=O) groups is 6. The summed E-state index contributed by atoms with van der Waals surface area (Å²) in [5.74, 6) is -3.14.